The Morgan fingerprint density at radius 1 is 1.44 bits per heavy atom. The molecule has 0 saturated carbocycles. The molecule has 0 radical (unpaired) electrons. The second-order valence-electron chi connectivity index (χ2n) is 4.11. The van der Waals surface area contributed by atoms with Crippen molar-refractivity contribution in [1.82, 2.24) is 14.5 Å². The van der Waals surface area contributed by atoms with Crippen molar-refractivity contribution in [2.24, 2.45) is 12.8 Å². The summed E-state index contributed by atoms with van der Waals surface area (Å²) in [5.74, 6) is 1.81. The van der Waals surface area contributed by atoms with Gasteiger partial charge in [-0.25, -0.2) is 9.97 Å². The molecule has 0 unspecified atom stereocenters. The predicted octanol–water partition coefficient (Wildman–Crippen LogP) is 1.56. The number of nitrogens with two attached hydrogens (primary N) is 1. The zero-order valence-corrected chi connectivity index (χ0v) is 11.2. The Kier molecular flexibility index (Phi) is 3.84. The number of aromatic nitrogens is 3. The molecule has 96 valence electrons. The minimum absolute atomic E-state index is 0.336. The van der Waals surface area contributed by atoms with Gasteiger partial charge in [0.15, 0.2) is 0 Å². The molecule has 0 saturated heterocycles. The summed E-state index contributed by atoms with van der Waals surface area (Å²) in [6.07, 6.45) is 3.70. The summed E-state index contributed by atoms with van der Waals surface area (Å²) in [6.45, 7) is 1.02. The molecule has 2 rings (SSSR count). The Bertz CT molecular complexity index is 537. The molecule has 0 spiro atoms. The first-order valence-electron chi connectivity index (χ1n) is 5.64. The fraction of sp³-hybridized carbons (Fsp3) is 0.333. The second-order valence-corrected chi connectivity index (χ2v) is 4.52. The van der Waals surface area contributed by atoms with Crippen molar-refractivity contribution in [2.45, 2.75) is 13.1 Å². The fourth-order valence-electron chi connectivity index (χ4n) is 1.67. The first-order chi connectivity index (χ1) is 8.61. The Hall–Kier alpha value is -1.59. The third-order valence-corrected chi connectivity index (χ3v) is 3.13. The highest BCUT2D eigenvalue weighted by Crippen LogP contribution is 2.19. The molecule has 2 aromatic rings. The molecule has 0 aromatic carbocycles. The first kappa shape index (κ1) is 12.9. The number of aryl methyl sites for hydroxylation is 1. The van der Waals surface area contributed by atoms with Gasteiger partial charge in [-0.3, -0.25) is 0 Å². The normalized spacial score (nSPS) is 10.7. The number of halogens is 1. The summed E-state index contributed by atoms with van der Waals surface area (Å²) in [6, 6.07) is 3.70. The highest BCUT2D eigenvalue weighted by Gasteiger charge is 2.09. The number of pyridine rings is 1. The van der Waals surface area contributed by atoms with Crippen LogP contribution in [0.25, 0.3) is 0 Å². The van der Waals surface area contributed by atoms with Gasteiger partial charge in [0.1, 0.15) is 11.6 Å². The molecule has 2 aromatic heterocycles. The average Bonchev–Trinajstić information content (AvgIpc) is 2.75. The lowest BCUT2D eigenvalue weighted by Gasteiger charge is -2.18. The maximum atomic E-state index is 5.99. The van der Waals surface area contributed by atoms with Gasteiger partial charge in [0, 0.05) is 33.0 Å². The minimum Gasteiger partial charge on any atom is -0.352 e. The molecule has 18 heavy (non-hydrogen) atoms. The van der Waals surface area contributed by atoms with Crippen molar-refractivity contribution in [3.63, 3.8) is 0 Å². The second kappa shape index (κ2) is 5.37. The molecule has 0 aliphatic rings. The third kappa shape index (κ3) is 2.63. The Labute approximate surface area is 111 Å². The lowest BCUT2D eigenvalue weighted by molar-refractivity contribution is 0.753. The SMILES string of the molecule is CN(Cc1nccn1C)c1ccc(Cl)c(CN)n1. The summed E-state index contributed by atoms with van der Waals surface area (Å²) in [4.78, 5) is 10.7. The summed E-state index contributed by atoms with van der Waals surface area (Å²) < 4.78 is 1.98. The van der Waals surface area contributed by atoms with E-state index >= 15 is 0 Å². The van der Waals surface area contributed by atoms with Crippen molar-refractivity contribution < 1.29 is 0 Å². The van der Waals surface area contributed by atoms with Gasteiger partial charge in [-0.05, 0) is 12.1 Å². The largest absolute Gasteiger partial charge is 0.352 e. The molecular weight excluding hydrogens is 250 g/mol. The van der Waals surface area contributed by atoms with E-state index < -0.39 is 0 Å². The topological polar surface area (TPSA) is 60.0 Å². The van der Waals surface area contributed by atoms with E-state index in [0.717, 1.165) is 11.6 Å². The molecule has 0 fully saturated rings. The van der Waals surface area contributed by atoms with E-state index in [2.05, 4.69) is 9.97 Å². The van der Waals surface area contributed by atoms with E-state index in [1.165, 1.54) is 0 Å². The van der Waals surface area contributed by atoms with Crippen molar-refractivity contribution in [2.75, 3.05) is 11.9 Å². The van der Waals surface area contributed by atoms with Crippen LogP contribution in [-0.4, -0.2) is 21.6 Å². The fourth-order valence-corrected chi connectivity index (χ4v) is 1.85. The van der Waals surface area contributed by atoms with Crippen LogP contribution in [0.15, 0.2) is 24.5 Å². The molecule has 0 atom stereocenters. The molecular formula is C12H16ClN5. The summed E-state index contributed by atoms with van der Waals surface area (Å²) >= 11 is 5.99. The van der Waals surface area contributed by atoms with Gasteiger partial charge in [0.25, 0.3) is 0 Å². The lowest BCUT2D eigenvalue weighted by atomic mass is 10.3. The highest BCUT2D eigenvalue weighted by molar-refractivity contribution is 6.31. The molecule has 0 amide bonds. The average molecular weight is 266 g/mol. The van der Waals surface area contributed by atoms with E-state index in [1.807, 2.05) is 41.9 Å². The first-order valence-corrected chi connectivity index (χ1v) is 6.02. The number of imidazole rings is 1. The van der Waals surface area contributed by atoms with Gasteiger partial charge < -0.3 is 15.2 Å². The van der Waals surface area contributed by atoms with Crippen LogP contribution in [0, 0.1) is 0 Å². The third-order valence-electron chi connectivity index (χ3n) is 2.79. The quantitative estimate of drug-likeness (QED) is 0.912. The number of rotatable bonds is 4. The van der Waals surface area contributed by atoms with Crippen LogP contribution in [-0.2, 0) is 20.1 Å². The van der Waals surface area contributed by atoms with E-state index in [9.17, 15) is 0 Å². The maximum absolute atomic E-state index is 5.99. The van der Waals surface area contributed by atoms with E-state index in [1.54, 1.807) is 6.20 Å². The van der Waals surface area contributed by atoms with Gasteiger partial charge >= 0.3 is 0 Å². The number of hydrogen-bond acceptors (Lipinski definition) is 4. The van der Waals surface area contributed by atoms with Gasteiger partial charge in [-0.15, -0.1) is 0 Å². The van der Waals surface area contributed by atoms with Crippen LogP contribution in [0.5, 0.6) is 0 Å². The highest BCUT2D eigenvalue weighted by atomic mass is 35.5. The van der Waals surface area contributed by atoms with E-state index in [4.69, 9.17) is 17.3 Å². The van der Waals surface area contributed by atoms with Crippen LogP contribution in [0.4, 0.5) is 5.82 Å². The van der Waals surface area contributed by atoms with Gasteiger partial charge in [0.2, 0.25) is 0 Å². The molecule has 0 aliphatic carbocycles. The van der Waals surface area contributed by atoms with Crippen LogP contribution in [0.1, 0.15) is 11.5 Å². The zero-order chi connectivity index (χ0) is 13.1. The summed E-state index contributed by atoms with van der Waals surface area (Å²) in [7, 11) is 3.93. The Balaban J connectivity index is 2.18. The number of nitrogens with zero attached hydrogens (tertiary/aromatic N) is 4. The molecule has 2 heterocycles. The summed E-state index contributed by atoms with van der Waals surface area (Å²) in [5.41, 5.74) is 6.31. The standard InChI is InChI=1S/C12H16ClN5/c1-17-6-5-15-12(17)8-18(2)11-4-3-9(13)10(7-14)16-11/h3-6H,7-8,14H2,1-2H3. The number of hydrogen-bond donors (Lipinski definition) is 1. The van der Waals surface area contributed by atoms with Crippen LogP contribution < -0.4 is 10.6 Å². The van der Waals surface area contributed by atoms with E-state index in [-0.39, 0.29) is 0 Å². The molecule has 0 aliphatic heterocycles. The van der Waals surface area contributed by atoms with Crippen LogP contribution in [0.2, 0.25) is 5.02 Å². The monoisotopic (exact) mass is 265 g/mol. The van der Waals surface area contributed by atoms with Gasteiger partial charge in [-0.2, -0.15) is 0 Å². The maximum Gasteiger partial charge on any atom is 0.129 e. The van der Waals surface area contributed by atoms with E-state index in [0.29, 0.717) is 23.8 Å². The van der Waals surface area contributed by atoms with Crippen LogP contribution in [0.3, 0.4) is 0 Å². The van der Waals surface area contributed by atoms with Gasteiger partial charge in [-0.1, -0.05) is 11.6 Å². The molecule has 5 nitrogen and oxygen atoms in total. The van der Waals surface area contributed by atoms with Crippen molar-refractivity contribution in [1.29, 1.82) is 0 Å². The minimum atomic E-state index is 0.336. The van der Waals surface area contributed by atoms with Crippen molar-refractivity contribution >= 4 is 17.4 Å². The smallest absolute Gasteiger partial charge is 0.129 e. The predicted molar refractivity (Wildman–Crippen MR) is 72.5 cm³/mol. The number of anilines is 1. The molecule has 2 N–H and O–H groups in total. The van der Waals surface area contributed by atoms with Gasteiger partial charge in [0.05, 0.1) is 17.3 Å². The Morgan fingerprint density at radius 2 is 2.22 bits per heavy atom. The Morgan fingerprint density at radius 3 is 2.83 bits per heavy atom. The summed E-state index contributed by atoms with van der Waals surface area (Å²) in [5, 5.41) is 0.603. The van der Waals surface area contributed by atoms with Crippen molar-refractivity contribution in [3.8, 4) is 0 Å². The zero-order valence-electron chi connectivity index (χ0n) is 10.5. The molecule has 6 heteroatoms. The molecule has 0 bridgehead atoms. The lowest BCUT2D eigenvalue weighted by Crippen LogP contribution is -2.20. The van der Waals surface area contributed by atoms with Crippen molar-refractivity contribution in [3.05, 3.63) is 41.1 Å². The van der Waals surface area contributed by atoms with Crippen LogP contribution >= 0.6 is 11.6 Å².